The summed E-state index contributed by atoms with van der Waals surface area (Å²) in [6, 6.07) is 7.44. The van der Waals surface area contributed by atoms with Crippen LogP contribution >= 0.6 is 0 Å². The van der Waals surface area contributed by atoms with Crippen molar-refractivity contribution < 1.29 is 19.4 Å². The molecule has 4 heterocycles. The second-order valence-electron chi connectivity index (χ2n) is 10.8. The average molecular weight is 549 g/mol. The normalized spacial score (nSPS) is 20.2. The van der Waals surface area contributed by atoms with Gasteiger partial charge in [-0.15, -0.1) is 0 Å². The van der Waals surface area contributed by atoms with Gasteiger partial charge in [0, 0.05) is 63.1 Å². The summed E-state index contributed by atoms with van der Waals surface area (Å²) in [4.78, 5) is 38.8. The molecule has 2 saturated heterocycles. The zero-order chi connectivity index (χ0) is 28.1. The molecule has 1 amide bonds. The monoisotopic (exact) mass is 548 g/mol. The first kappa shape index (κ1) is 27.8. The molecule has 3 aliphatic rings. The molecule has 0 bridgehead atoms. The van der Waals surface area contributed by atoms with Gasteiger partial charge >= 0.3 is 0 Å². The molecule has 0 spiro atoms. The van der Waals surface area contributed by atoms with Crippen molar-refractivity contribution in [3.63, 3.8) is 0 Å². The van der Waals surface area contributed by atoms with Crippen LogP contribution in [0, 0.1) is 23.2 Å². The second kappa shape index (κ2) is 12.6. The number of hydrogen-bond donors (Lipinski definition) is 3. The SMILES string of the molecule is CN1CCN(Cc2ccc(N(CC3CCOC3)C(O)Nc3cc(NCC4CC4)c(C#N)cn3)nc2C=O)C(=O)C1. The highest BCUT2D eigenvalue weighted by Gasteiger charge is 2.27. The molecule has 3 fully saturated rings. The van der Waals surface area contributed by atoms with Crippen LogP contribution in [0.4, 0.5) is 17.3 Å². The van der Waals surface area contributed by atoms with Crippen LogP contribution in [0.25, 0.3) is 0 Å². The van der Waals surface area contributed by atoms with Gasteiger partial charge in [-0.25, -0.2) is 9.97 Å². The molecule has 0 radical (unpaired) electrons. The first-order chi connectivity index (χ1) is 19.4. The third-order valence-corrected chi connectivity index (χ3v) is 7.63. The molecule has 0 aromatic carbocycles. The van der Waals surface area contributed by atoms with Gasteiger partial charge < -0.3 is 30.3 Å². The molecular weight excluding hydrogens is 512 g/mol. The Morgan fingerprint density at radius 3 is 2.85 bits per heavy atom. The Morgan fingerprint density at radius 1 is 1.30 bits per heavy atom. The standard InChI is InChI=1S/C28H36N8O4/c1-34-7-8-35(27(38)16-34)15-21-4-5-26(32-24(21)17-37)36(14-20-6-9-40-18-20)28(39)33-25-10-23(22(11-29)13-31-25)30-12-19-2-3-19/h4-5,10,13,17,19-20,28,39H,2-3,6-9,12,14-16,18H2,1H3,(H2,30,31,33). The van der Waals surface area contributed by atoms with E-state index in [4.69, 9.17) is 4.74 Å². The second-order valence-corrected chi connectivity index (χ2v) is 10.8. The Bertz CT molecular complexity index is 1260. The predicted molar refractivity (Wildman–Crippen MR) is 149 cm³/mol. The van der Waals surface area contributed by atoms with Gasteiger partial charge in [-0.05, 0) is 38.3 Å². The number of nitrogens with one attached hydrogen (secondary N) is 2. The average Bonchev–Trinajstić information content (AvgIpc) is 3.64. The van der Waals surface area contributed by atoms with Crippen molar-refractivity contribution in [2.24, 2.45) is 11.8 Å². The van der Waals surface area contributed by atoms with Crippen LogP contribution in [-0.4, -0.2) is 96.4 Å². The number of nitriles is 1. The van der Waals surface area contributed by atoms with E-state index in [2.05, 4.69) is 26.7 Å². The summed E-state index contributed by atoms with van der Waals surface area (Å²) in [5.74, 6) is 1.63. The highest BCUT2D eigenvalue weighted by atomic mass is 16.5. The number of carbonyl (C=O) groups excluding carboxylic acids is 2. The molecule has 2 aliphatic heterocycles. The Balaban J connectivity index is 1.35. The summed E-state index contributed by atoms with van der Waals surface area (Å²) >= 11 is 0. The van der Waals surface area contributed by atoms with Gasteiger partial charge in [0.25, 0.3) is 0 Å². The number of pyridine rings is 2. The number of hydrogen-bond acceptors (Lipinski definition) is 11. The lowest BCUT2D eigenvalue weighted by atomic mass is 10.1. The summed E-state index contributed by atoms with van der Waals surface area (Å²) in [5.41, 5.74) is 1.99. The summed E-state index contributed by atoms with van der Waals surface area (Å²) in [5, 5.41) is 27.2. The Morgan fingerprint density at radius 2 is 2.15 bits per heavy atom. The van der Waals surface area contributed by atoms with Crippen molar-refractivity contribution in [3.8, 4) is 6.07 Å². The van der Waals surface area contributed by atoms with Crippen molar-refractivity contribution in [1.29, 1.82) is 5.26 Å². The molecule has 12 heteroatoms. The molecule has 212 valence electrons. The van der Waals surface area contributed by atoms with Gasteiger partial charge in [0.1, 0.15) is 23.4 Å². The fourth-order valence-electron chi connectivity index (χ4n) is 4.97. The van der Waals surface area contributed by atoms with Crippen molar-refractivity contribution in [1.82, 2.24) is 19.8 Å². The third kappa shape index (κ3) is 6.85. The number of aldehydes is 1. The molecule has 2 atom stereocenters. The van der Waals surface area contributed by atoms with Crippen LogP contribution in [0.1, 0.15) is 40.9 Å². The first-order valence-corrected chi connectivity index (χ1v) is 13.8. The molecule has 2 aromatic rings. The number of piperazine rings is 1. The minimum Gasteiger partial charge on any atom is -0.384 e. The summed E-state index contributed by atoms with van der Waals surface area (Å²) in [6.45, 7) is 4.45. The van der Waals surface area contributed by atoms with Crippen LogP contribution in [-0.2, 0) is 16.1 Å². The van der Waals surface area contributed by atoms with E-state index in [0.717, 1.165) is 19.5 Å². The van der Waals surface area contributed by atoms with E-state index < -0.39 is 6.35 Å². The Hall–Kier alpha value is -3.79. The maximum Gasteiger partial charge on any atom is 0.237 e. The highest BCUT2D eigenvalue weighted by Crippen LogP contribution is 2.30. The smallest absolute Gasteiger partial charge is 0.237 e. The minimum atomic E-state index is -1.21. The Labute approximate surface area is 233 Å². The lowest BCUT2D eigenvalue weighted by Crippen LogP contribution is -2.48. The number of aliphatic hydroxyl groups is 1. The van der Waals surface area contributed by atoms with Gasteiger partial charge in [0.15, 0.2) is 6.29 Å². The van der Waals surface area contributed by atoms with Gasteiger partial charge in [-0.2, -0.15) is 5.26 Å². The number of amides is 1. The van der Waals surface area contributed by atoms with E-state index in [1.165, 1.54) is 19.0 Å². The van der Waals surface area contributed by atoms with E-state index in [1.54, 1.807) is 28.0 Å². The lowest BCUT2D eigenvalue weighted by Gasteiger charge is -2.33. The van der Waals surface area contributed by atoms with Crippen molar-refractivity contribution in [3.05, 3.63) is 41.2 Å². The maximum absolute atomic E-state index is 12.5. The summed E-state index contributed by atoms with van der Waals surface area (Å²) < 4.78 is 5.55. The van der Waals surface area contributed by atoms with Gasteiger partial charge in [-0.3, -0.25) is 14.5 Å². The van der Waals surface area contributed by atoms with Crippen LogP contribution in [0.2, 0.25) is 0 Å². The predicted octanol–water partition coefficient (Wildman–Crippen LogP) is 1.49. The van der Waals surface area contributed by atoms with Crippen molar-refractivity contribution in [2.45, 2.75) is 32.2 Å². The molecule has 2 unspecified atom stereocenters. The number of aromatic nitrogens is 2. The minimum absolute atomic E-state index is 0.0121. The van der Waals surface area contributed by atoms with Gasteiger partial charge in [-0.1, -0.05) is 6.07 Å². The summed E-state index contributed by atoms with van der Waals surface area (Å²) in [7, 11) is 1.91. The van der Waals surface area contributed by atoms with Crippen LogP contribution in [0.15, 0.2) is 24.4 Å². The Kier molecular flexibility index (Phi) is 8.74. The van der Waals surface area contributed by atoms with Gasteiger partial charge in [0.2, 0.25) is 12.3 Å². The number of likely N-dealkylation sites (N-methyl/N-ethyl adjacent to an activating group) is 1. The van der Waals surface area contributed by atoms with E-state index in [-0.39, 0.29) is 17.5 Å². The van der Waals surface area contributed by atoms with Crippen LogP contribution in [0.3, 0.4) is 0 Å². The highest BCUT2D eigenvalue weighted by molar-refractivity contribution is 5.80. The maximum atomic E-state index is 12.5. The molecule has 2 aromatic heterocycles. The largest absolute Gasteiger partial charge is 0.384 e. The van der Waals surface area contributed by atoms with E-state index >= 15 is 0 Å². The number of nitrogens with zero attached hydrogens (tertiary/aromatic N) is 6. The number of aliphatic hydroxyl groups excluding tert-OH is 1. The summed E-state index contributed by atoms with van der Waals surface area (Å²) in [6.07, 6.45) is 4.17. The molecule has 40 heavy (non-hydrogen) atoms. The number of ether oxygens (including phenoxy) is 1. The lowest BCUT2D eigenvalue weighted by molar-refractivity contribution is -0.136. The van der Waals surface area contributed by atoms with Gasteiger partial charge in [0.05, 0.1) is 24.4 Å². The molecular formula is C28H36N8O4. The topological polar surface area (TPSA) is 147 Å². The number of rotatable bonds is 12. The zero-order valence-corrected chi connectivity index (χ0v) is 22.8. The first-order valence-electron chi connectivity index (χ1n) is 13.8. The molecule has 5 rings (SSSR count). The fraction of sp³-hybridized carbons (Fsp3) is 0.536. The van der Waals surface area contributed by atoms with Crippen LogP contribution in [0.5, 0.6) is 0 Å². The fourth-order valence-corrected chi connectivity index (χ4v) is 4.97. The molecule has 12 nitrogen and oxygen atoms in total. The number of carbonyl (C=O) groups is 2. The van der Waals surface area contributed by atoms with Crippen molar-refractivity contribution >= 4 is 29.5 Å². The molecule has 1 saturated carbocycles. The molecule has 1 aliphatic carbocycles. The molecule has 3 N–H and O–H groups in total. The van der Waals surface area contributed by atoms with E-state index in [1.807, 2.05) is 11.9 Å². The number of anilines is 3. The third-order valence-electron chi connectivity index (χ3n) is 7.63. The zero-order valence-electron chi connectivity index (χ0n) is 22.8. The van der Waals surface area contributed by atoms with E-state index in [0.29, 0.717) is 80.0 Å². The van der Waals surface area contributed by atoms with E-state index in [9.17, 15) is 20.0 Å². The van der Waals surface area contributed by atoms with Crippen LogP contribution < -0.4 is 15.5 Å². The van der Waals surface area contributed by atoms with Crippen molar-refractivity contribution in [2.75, 3.05) is 68.5 Å². The quantitative estimate of drug-likeness (QED) is 0.262.